The molecule has 1 saturated heterocycles. The number of rotatable bonds is 6. The number of carbonyl (C=O) groups excluding carboxylic acids is 3. The van der Waals surface area contributed by atoms with Crippen LogP contribution in [0.15, 0.2) is 5.11 Å². The van der Waals surface area contributed by atoms with Crippen LogP contribution >= 0.6 is 0 Å². The molecule has 0 aliphatic carbocycles. The Hall–Kier alpha value is -2.32. The molecule has 0 unspecified atom stereocenters. The molecule has 32 heavy (non-hydrogen) atoms. The summed E-state index contributed by atoms with van der Waals surface area (Å²) in [6.45, 7) is 16.8. The molecule has 0 N–H and O–H groups in total. The molecule has 10 nitrogen and oxygen atoms in total. The van der Waals surface area contributed by atoms with E-state index in [0.717, 1.165) is 0 Å². The summed E-state index contributed by atoms with van der Waals surface area (Å²) in [5.41, 5.74) is 6.70. The molecule has 1 aliphatic rings. The average Bonchev–Trinajstić information content (AvgIpc) is 2.91. The summed E-state index contributed by atoms with van der Waals surface area (Å²) < 4.78 is 22.4. The lowest BCUT2D eigenvalue weighted by atomic mass is 9.93. The molecule has 0 radical (unpaired) electrons. The third-order valence-electron chi connectivity index (χ3n) is 4.86. The predicted molar refractivity (Wildman–Crippen MR) is 116 cm³/mol. The van der Waals surface area contributed by atoms with Crippen LogP contribution in [0.25, 0.3) is 10.4 Å². The summed E-state index contributed by atoms with van der Waals surface area (Å²) in [6.07, 6.45) is -2.93. The molecular formula is C22H37N3O7. The van der Waals surface area contributed by atoms with E-state index in [1.165, 1.54) is 0 Å². The van der Waals surface area contributed by atoms with E-state index in [2.05, 4.69) is 10.0 Å². The van der Waals surface area contributed by atoms with Gasteiger partial charge in [0.1, 0.15) is 6.61 Å². The fourth-order valence-electron chi connectivity index (χ4n) is 2.71. The summed E-state index contributed by atoms with van der Waals surface area (Å²) in [4.78, 5) is 40.1. The Labute approximate surface area is 189 Å². The van der Waals surface area contributed by atoms with Gasteiger partial charge < -0.3 is 18.9 Å². The van der Waals surface area contributed by atoms with Crippen molar-refractivity contribution < 1.29 is 33.3 Å². The molecule has 0 saturated carbocycles. The molecule has 0 aromatic heterocycles. The number of nitrogens with zero attached hydrogens (tertiary/aromatic N) is 3. The molecule has 0 aromatic carbocycles. The van der Waals surface area contributed by atoms with Gasteiger partial charge in [0.15, 0.2) is 6.10 Å². The van der Waals surface area contributed by atoms with E-state index >= 15 is 0 Å². The van der Waals surface area contributed by atoms with Crippen molar-refractivity contribution in [3.63, 3.8) is 0 Å². The monoisotopic (exact) mass is 455 g/mol. The lowest BCUT2D eigenvalue weighted by Gasteiger charge is -2.27. The van der Waals surface area contributed by atoms with Crippen molar-refractivity contribution in [3.05, 3.63) is 10.4 Å². The summed E-state index contributed by atoms with van der Waals surface area (Å²) in [7, 11) is 0. The highest BCUT2D eigenvalue weighted by Crippen LogP contribution is 2.36. The van der Waals surface area contributed by atoms with Gasteiger partial charge in [0.05, 0.1) is 28.4 Å². The third kappa shape index (κ3) is 7.38. The summed E-state index contributed by atoms with van der Waals surface area (Å²) in [6, 6.07) is -0.907. The van der Waals surface area contributed by atoms with Crippen molar-refractivity contribution in [1.29, 1.82) is 0 Å². The van der Waals surface area contributed by atoms with Crippen LogP contribution in [0.4, 0.5) is 0 Å². The maximum Gasteiger partial charge on any atom is 0.313 e. The van der Waals surface area contributed by atoms with E-state index in [9.17, 15) is 14.4 Å². The van der Waals surface area contributed by atoms with Crippen molar-refractivity contribution in [1.82, 2.24) is 0 Å². The fourth-order valence-corrected chi connectivity index (χ4v) is 2.71. The van der Waals surface area contributed by atoms with Gasteiger partial charge in [-0.3, -0.25) is 14.4 Å². The van der Waals surface area contributed by atoms with Gasteiger partial charge in [-0.15, -0.1) is 0 Å². The van der Waals surface area contributed by atoms with Gasteiger partial charge in [0.25, 0.3) is 0 Å². The summed E-state index contributed by atoms with van der Waals surface area (Å²) in [5, 5.41) is 3.73. The zero-order valence-corrected chi connectivity index (χ0v) is 20.8. The lowest BCUT2D eigenvalue weighted by Crippen LogP contribution is -2.40. The number of hydrogen-bond donors (Lipinski definition) is 0. The van der Waals surface area contributed by atoms with Crippen molar-refractivity contribution >= 4 is 17.9 Å². The Kier molecular flexibility index (Phi) is 8.73. The molecule has 0 aromatic rings. The molecule has 1 aliphatic heterocycles. The van der Waals surface area contributed by atoms with Crippen LogP contribution < -0.4 is 0 Å². The van der Waals surface area contributed by atoms with Gasteiger partial charge in [-0.05, 0) is 67.8 Å². The Morgan fingerprint density at radius 1 is 0.906 bits per heavy atom. The lowest BCUT2D eigenvalue weighted by molar-refractivity contribution is -0.206. The minimum Gasteiger partial charge on any atom is -0.465 e. The first-order valence-corrected chi connectivity index (χ1v) is 10.7. The molecule has 182 valence electrons. The van der Waals surface area contributed by atoms with Crippen LogP contribution in [-0.4, -0.2) is 49.1 Å². The van der Waals surface area contributed by atoms with Crippen LogP contribution in [-0.2, 0) is 33.3 Å². The van der Waals surface area contributed by atoms with Crippen LogP contribution in [0.5, 0.6) is 0 Å². The molecule has 1 heterocycles. The van der Waals surface area contributed by atoms with E-state index in [1.54, 1.807) is 69.2 Å². The van der Waals surface area contributed by atoms with Crippen molar-refractivity contribution in [2.24, 2.45) is 27.3 Å². The largest absolute Gasteiger partial charge is 0.465 e. The Morgan fingerprint density at radius 3 is 1.81 bits per heavy atom. The van der Waals surface area contributed by atoms with Crippen LogP contribution in [0.2, 0.25) is 0 Å². The zero-order chi connectivity index (χ0) is 25.1. The van der Waals surface area contributed by atoms with Crippen molar-refractivity contribution in [3.8, 4) is 0 Å². The van der Waals surface area contributed by atoms with Crippen LogP contribution in [0.1, 0.15) is 69.2 Å². The van der Waals surface area contributed by atoms with E-state index in [4.69, 9.17) is 24.5 Å². The summed E-state index contributed by atoms with van der Waals surface area (Å²) >= 11 is 0. The second kappa shape index (κ2) is 10.1. The van der Waals surface area contributed by atoms with Crippen LogP contribution in [0.3, 0.4) is 0 Å². The SMILES string of the molecule is C[C@H]1[C@H]([C@H](COC(=O)C(C)(C)C)N=[N+]=[N-])O[C@@H](OC(=O)C(C)(C)C)[C@@H]1OC(=O)C(C)(C)C. The number of carbonyl (C=O) groups is 3. The standard InChI is InChI=1S/C22H37N3O7/c1-12-14(13(24-25-23)11-29-17(26)20(2,3)4)30-16(32-19(28)22(8,9)10)15(12)31-18(27)21(5,6)7/h12-16H,11H2,1-10H3/t12-,13-,14+,15+,16-/m0/s1. The molecular weight excluding hydrogens is 418 g/mol. The van der Waals surface area contributed by atoms with E-state index in [1.807, 2.05) is 0 Å². The van der Waals surface area contributed by atoms with Gasteiger partial charge in [-0.2, -0.15) is 0 Å². The van der Waals surface area contributed by atoms with Crippen molar-refractivity contribution in [2.45, 2.75) is 93.8 Å². The topological polar surface area (TPSA) is 137 Å². The highest BCUT2D eigenvalue weighted by molar-refractivity contribution is 5.77. The number of hydrogen-bond acceptors (Lipinski definition) is 8. The quantitative estimate of drug-likeness (QED) is 0.193. The number of esters is 3. The molecule has 5 atom stereocenters. The maximum absolute atomic E-state index is 12.6. The molecule has 0 amide bonds. The first-order valence-electron chi connectivity index (χ1n) is 10.7. The fraction of sp³-hybridized carbons (Fsp3) is 0.864. The van der Waals surface area contributed by atoms with E-state index < -0.39 is 64.6 Å². The van der Waals surface area contributed by atoms with Gasteiger partial charge in [-0.25, -0.2) is 0 Å². The molecule has 1 rings (SSSR count). The third-order valence-corrected chi connectivity index (χ3v) is 4.86. The highest BCUT2D eigenvalue weighted by Gasteiger charge is 2.51. The maximum atomic E-state index is 12.6. The van der Waals surface area contributed by atoms with Gasteiger partial charge in [0, 0.05) is 10.8 Å². The van der Waals surface area contributed by atoms with Gasteiger partial charge >= 0.3 is 17.9 Å². The summed E-state index contributed by atoms with van der Waals surface area (Å²) in [5.74, 6) is -2.00. The molecule has 0 spiro atoms. The minimum atomic E-state index is -1.19. The molecule has 0 bridgehead atoms. The number of azide groups is 1. The van der Waals surface area contributed by atoms with E-state index in [0.29, 0.717) is 0 Å². The second-order valence-corrected chi connectivity index (χ2v) is 11.2. The first-order chi connectivity index (χ1) is 14.4. The molecule has 10 heteroatoms. The predicted octanol–water partition coefficient (Wildman–Crippen LogP) is 4.16. The Morgan fingerprint density at radius 2 is 1.38 bits per heavy atom. The van der Waals surface area contributed by atoms with Gasteiger partial charge in [-0.1, -0.05) is 12.0 Å². The Balaban J connectivity index is 3.17. The smallest absolute Gasteiger partial charge is 0.313 e. The highest BCUT2D eigenvalue weighted by atomic mass is 16.7. The Bertz CT molecular complexity index is 755. The van der Waals surface area contributed by atoms with Gasteiger partial charge in [0.2, 0.25) is 6.29 Å². The van der Waals surface area contributed by atoms with Crippen molar-refractivity contribution in [2.75, 3.05) is 6.61 Å². The normalized spacial score (nSPS) is 24.8. The zero-order valence-electron chi connectivity index (χ0n) is 20.8. The first kappa shape index (κ1) is 27.7. The minimum absolute atomic E-state index is 0.227. The van der Waals surface area contributed by atoms with E-state index in [-0.39, 0.29) is 6.61 Å². The second-order valence-electron chi connectivity index (χ2n) is 11.2. The average molecular weight is 456 g/mol. The molecule has 1 fully saturated rings. The number of ether oxygens (including phenoxy) is 4. The van der Waals surface area contributed by atoms with Crippen LogP contribution in [0, 0.1) is 22.2 Å².